The monoisotopic (exact) mass is 283 g/mol. The first kappa shape index (κ1) is 12.6. The Kier molecular flexibility index (Phi) is 2.89. The molecule has 3 aromatic rings. The van der Waals surface area contributed by atoms with Gasteiger partial charge in [0, 0.05) is 10.9 Å². The molecule has 98 valence electrons. The molecule has 0 bridgehead atoms. The lowest BCUT2D eigenvalue weighted by atomic mass is 10.0. The molecule has 0 saturated carbocycles. The summed E-state index contributed by atoms with van der Waals surface area (Å²) in [4.78, 5) is 3.45. The van der Waals surface area contributed by atoms with Crippen LogP contribution < -0.4 is 0 Å². The third-order valence-electron chi connectivity index (χ3n) is 3.26. The molecule has 0 amide bonds. The first-order valence-electron chi connectivity index (χ1n) is 5.98. The fourth-order valence-corrected chi connectivity index (χ4v) is 2.33. The standard InChI is InChI=1S/C16H10ClNO2/c1-9-3-4-10(5-15(9)19)12-6-11(18-2)7-13-14(17)8-20-16(12)13/h3-8,19H,1H3. The summed E-state index contributed by atoms with van der Waals surface area (Å²) in [5.41, 5.74) is 3.43. The van der Waals surface area contributed by atoms with Crippen LogP contribution >= 0.6 is 11.6 Å². The molecule has 0 spiro atoms. The Morgan fingerprint density at radius 2 is 2.05 bits per heavy atom. The lowest BCUT2D eigenvalue weighted by molar-refractivity contribution is 0.471. The fourth-order valence-electron chi connectivity index (χ4n) is 2.15. The van der Waals surface area contributed by atoms with Crippen molar-refractivity contribution in [1.82, 2.24) is 0 Å². The van der Waals surface area contributed by atoms with Gasteiger partial charge in [0.05, 0.1) is 11.6 Å². The summed E-state index contributed by atoms with van der Waals surface area (Å²) in [6.45, 7) is 9.01. The van der Waals surface area contributed by atoms with Crippen LogP contribution in [-0.2, 0) is 0 Å². The smallest absolute Gasteiger partial charge is 0.188 e. The third kappa shape index (κ3) is 1.91. The van der Waals surface area contributed by atoms with Crippen molar-refractivity contribution in [2.75, 3.05) is 0 Å². The summed E-state index contributed by atoms with van der Waals surface area (Å²) in [6.07, 6.45) is 1.46. The van der Waals surface area contributed by atoms with Crippen LogP contribution in [0, 0.1) is 13.5 Å². The molecule has 0 fully saturated rings. The number of hydrogen-bond acceptors (Lipinski definition) is 2. The molecular weight excluding hydrogens is 274 g/mol. The first-order chi connectivity index (χ1) is 9.60. The van der Waals surface area contributed by atoms with E-state index in [1.54, 1.807) is 18.2 Å². The molecule has 0 radical (unpaired) electrons. The average Bonchev–Trinajstić information content (AvgIpc) is 2.82. The highest BCUT2D eigenvalue weighted by molar-refractivity contribution is 6.35. The van der Waals surface area contributed by atoms with Gasteiger partial charge in [0.25, 0.3) is 0 Å². The maximum atomic E-state index is 9.85. The van der Waals surface area contributed by atoms with Crippen molar-refractivity contribution in [2.24, 2.45) is 0 Å². The number of furan rings is 1. The van der Waals surface area contributed by atoms with Gasteiger partial charge in [0.15, 0.2) is 5.69 Å². The van der Waals surface area contributed by atoms with Gasteiger partial charge in [-0.2, -0.15) is 0 Å². The molecule has 0 atom stereocenters. The number of hydrogen-bond donors (Lipinski definition) is 1. The van der Waals surface area contributed by atoms with Crippen molar-refractivity contribution in [1.29, 1.82) is 0 Å². The van der Waals surface area contributed by atoms with Gasteiger partial charge in [-0.1, -0.05) is 23.7 Å². The van der Waals surface area contributed by atoms with Crippen molar-refractivity contribution in [3.05, 3.63) is 58.6 Å². The van der Waals surface area contributed by atoms with E-state index in [0.29, 0.717) is 21.7 Å². The quantitative estimate of drug-likeness (QED) is 0.614. The third-order valence-corrected chi connectivity index (χ3v) is 3.55. The van der Waals surface area contributed by atoms with E-state index < -0.39 is 0 Å². The van der Waals surface area contributed by atoms with Crippen molar-refractivity contribution in [3.63, 3.8) is 0 Å². The number of aryl methyl sites for hydroxylation is 1. The summed E-state index contributed by atoms with van der Waals surface area (Å²) < 4.78 is 5.49. The summed E-state index contributed by atoms with van der Waals surface area (Å²) in [5, 5.41) is 11.0. The molecule has 0 saturated heterocycles. The van der Waals surface area contributed by atoms with Crippen LogP contribution in [0.4, 0.5) is 5.69 Å². The highest BCUT2D eigenvalue weighted by atomic mass is 35.5. The lowest BCUT2D eigenvalue weighted by Gasteiger charge is -2.06. The highest BCUT2D eigenvalue weighted by Crippen LogP contribution is 2.38. The van der Waals surface area contributed by atoms with E-state index in [1.807, 2.05) is 19.1 Å². The zero-order valence-corrected chi connectivity index (χ0v) is 11.4. The number of aromatic hydroxyl groups is 1. The maximum Gasteiger partial charge on any atom is 0.188 e. The molecule has 3 nitrogen and oxygen atoms in total. The number of benzene rings is 2. The minimum atomic E-state index is 0.210. The second-order valence-corrected chi connectivity index (χ2v) is 4.97. The average molecular weight is 284 g/mol. The molecule has 0 unspecified atom stereocenters. The summed E-state index contributed by atoms with van der Waals surface area (Å²) >= 11 is 6.07. The van der Waals surface area contributed by atoms with Crippen LogP contribution in [0.2, 0.25) is 5.02 Å². The Morgan fingerprint density at radius 1 is 1.25 bits per heavy atom. The van der Waals surface area contributed by atoms with Crippen molar-refractivity contribution < 1.29 is 9.52 Å². The number of halogens is 1. The molecule has 0 aliphatic carbocycles. The second kappa shape index (κ2) is 4.59. The van der Waals surface area contributed by atoms with E-state index >= 15 is 0 Å². The molecule has 20 heavy (non-hydrogen) atoms. The molecule has 2 aromatic carbocycles. The number of fused-ring (bicyclic) bond motifs is 1. The number of nitrogens with zero attached hydrogens (tertiary/aromatic N) is 1. The van der Waals surface area contributed by atoms with Gasteiger partial charge < -0.3 is 9.52 Å². The summed E-state index contributed by atoms with van der Waals surface area (Å²) in [7, 11) is 0. The van der Waals surface area contributed by atoms with E-state index in [0.717, 1.165) is 16.7 Å². The van der Waals surface area contributed by atoms with Crippen LogP contribution in [0.25, 0.3) is 26.9 Å². The van der Waals surface area contributed by atoms with E-state index in [2.05, 4.69) is 4.85 Å². The molecule has 0 aliphatic heterocycles. The molecular formula is C16H10ClNO2. The van der Waals surface area contributed by atoms with E-state index in [9.17, 15) is 5.11 Å². The van der Waals surface area contributed by atoms with Crippen molar-refractivity contribution in [3.8, 4) is 16.9 Å². The minimum Gasteiger partial charge on any atom is -0.508 e. The fraction of sp³-hybridized carbons (Fsp3) is 0.0625. The summed E-state index contributed by atoms with van der Waals surface area (Å²) in [5.74, 6) is 0.210. The lowest BCUT2D eigenvalue weighted by Crippen LogP contribution is -1.81. The molecule has 3 rings (SSSR count). The Hall–Kier alpha value is -2.44. The van der Waals surface area contributed by atoms with Crippen LogP contribution in [0.3, 0.4) is 0 Å². The predicted molar refractivity (Wildman–Crippen MR) is 79.3 cm³/mol. The van der Waals surface area contributed by atoms with Gasteiger partial charge in [-0.15, -0.1) is 0 Å². The van der Waals surface area contributed by atoms with Gasteiger partial charge in [-0.25, -0.2) is 4.85 Å². The SMILES string of the molecule is [C-]#[N+]c1cc(-c2ccc(C)c(O)c2)c2occ(Cl)c2c1. The van der Waals surface area contributed by atoms with Crippen molar-refractivity contribution >= 4 is 28.3 Å². The van der Waals surface area contributed by atoms with Gasteiger partial charge in [-0.3, -0.25) is 0 Å². The number of phenolic OH excluding ortho intramolecular Hbond substituents is 1. The van der Waals surface area contributed by atoms with Crippen LogP contribution in [0.1, 0.15) is 5.56 Å². The molecule has 0 aliphatic rings. The van der Waals surface area contributed by atoms with Gasteiger partial charge >= 0.3 is 0 Å². The van der Waals surface area contributed by atoms with Crippen LogP contribution in [0.5, 0.6) is 5.75 Å². The topological polar surface area (TPSA) is 37.7 Å². The molecule has 1 N–H and O–H groups in total. The Labute approximate surface area is 120 Å². The molecule has 1 heterocycles. The Morgan fingerprint density at radius 3 is 2.75 bits per heavy atom. The minimum absolute atomic E-state index is 0.210. The second-order valence-electron chi connectivity index (χ2n) is 4.57. The van der Waals surface area contributed by atoms with E-state index in [4.69, 9.17) is 22.6 Å². The van der Waals surface area contributed by atoms with Crippen LogP contribution in [0.15, 0.2) is 41.0 Å². The molecule has 1 aromatic heterocycles. The molecule has 4 heteroatoms. The van der Waals surface area contributed by atoms with E-state index in [-0.39, 0.29) is 5.75 Å². The maximum absolute atomic E-state index is 9.85. The predicted octanol–water partition coefficient (Wildman–Crippen LogP) is 5.32. The van der Waals surface area contributed by atoms with Gasteiger partial charge in [0.1, 0.15) is 17.6 Å². The number of phenols is 1. The summed E-state index contributed by atoms with van der Waals surface area (Å²) in [6, 6.07) is 8.80. The highest BCUT2D eigenvalue weighted by Gasteiger charge is 2.13. The van der Waals surface area contributed by atoms with Gasteiger partial charge in [-0.05, 0) is 36.2 Å². The number of rotatable bonds is 1. The zero-order valence-electron chi connectivity index (χ0n) is 10.6. The zero-order chi connectivity index (χ0) is 14.3. The largest absolute Gasteiger partial charge is 0.508 e. The Balaban J connectivity index is 2.34. The first-order valence-corrected chi connectivity index (χ1v) is 6.36. The van der Waals surface area contributed by atoms with E-state index in [1.165, 1.54) is 6.26 Å². The van der Waals surface area contributed by atoms with Crippen LogP contribution in [-0.4, -0.2) is 5.11 Å². The van der Waals surface area contributed by atoms with Crippen molar-refractivity contribution in [2.45, 2.75) is 6.92 Å². The Bertz CT molecular complexity index is 859. The normalized spacial score (nSPS) is 10.7. The van der Waals surface area contributed by atoms with Gasteiger partial charge in [0.2, 0.25) is 0 Å².